The standard InChI is InChI=1S/C11H13N3O/c1-8(9-5-3-2-4-6-9)15-11-7-10(12)13-14-11/h2-8H,1H3,(H3,12,13,14). The van der Waals surface area contributed by atoms with Crippen molar-refractivity contribution in [3.05, 3.63) is 42.0 Å². The average molecular weight is 203 g/mol. The van der Waals surface area contributed by atoms with Crippen LogP contribution >= 0.6 is 0 Å². The Morgan fingerprint density at radius 3 is 2.67 bits per heavy atom. The molecule has 0 aliphatic rings. The molecule has 0 spiro atoms. The molecular weight excluding hydrogens is 190 g/mol. The monoisotopic (exact) mass is 203 g/mol. The summed E-state index contributed by atoms with van der Waals surface area (Å²) in [6, 6.07) is 11.6. The summed E-state index contributed by atoms with van der Waals surface area (Å²) in [6.45, 7) is 1.97. The molecule has 1 unspecified atom stereocenters. The molecule has 0 aliphatic carbocycles. The van der Waals surface area contributed by atoms with Crippen molar-refractivity contribution in [3.63, 3.8) is 0 Å². The van der Waals surface area contributed by atoms with E-state index in [0.717, 1.165) is 5.56 Å². The summed E-state index contributed by atoms with van der Waals surface area (Å²) in [5.41, 5.74) is 6.61. The fraction of sp³-hybridized carbons (Fsp3) is 0.182. The molecule has 1 heterocycles. The number of rotatable bonds is 3. The van der Waals surface area contributed by atoms with Gasteiger partial charge in [0, 0.05) is 6.07 Å². The first-order valence-electron chi connectivity index (χ1n) is 4.78. The molecule has 3 N–H and O–H groups in total. The van der Waals surface area contributed by atoms with E-state index in [1.165, 1.54) is 0 Å². The van der Waals surface area contributed by atoms with E-state index in [-0.39, 0.29) is 6.10 Å². The third-order valence-electron chi connectivity index (χ3n) is 2.14. The highest BCUT2D eigenvalue weighted by Crippen LogP contribution is 2.20. The van der Waals surface area contributed by atoms with E-state index in [1.807, 2.05) is 37.3 Å². The second kappa shape index (κ2) is 4.04. The minimum Gasteiger partial charge on any atom is -0.469 e. The molecule has 1 aromatic carbocycles. The van der Waals surface area contributed by atoms with Crippen LogP contribution in [0.3, 0.4) is 0 Å². The maximum Gasteiger partial charge on any atom is 0.235 e. The minimum absolute atomic E-state index is 0.0334. The summed E-state index contributed by atoms with van der Waals surface area (Å²) >= 11 is 0. The maximum absolute atomic E-state index is 5.60. The summed E-state index contributed by atoms with van der Waals surface area (Å²) in [4.78, 5) is 0. The zero-order chi connectivity index (χ0) is 10.7. The van der Waals surface area contributed by atoms with Gasteiger partial charge in [0.05, 0.1) is 0 Å². The van der Waals surface area contributed by atoms with E-state index in [4.69, 9.17) is 10.5 Å². The van der Waals surface area contributed by atoms with Gasteiger partial charge in [0.15, 0.2) is 0 Å². The Hall–Kier alpha value is -1.97. The molecule has 1 aromatic heterocycles. The lowest BCUT2D eigenvalue weighted by Crippen LogP contribution is -2.02. The molecule has 2 rings (SSSR count). The summed E-state index contributed by atoms with van der Waals surface area (Å²) in [6.07, 6.45) is -0.0334. The minimum atomic E-state index is -0.0334. The zero-order valence-corrected chi connectivity index (χ0v) is 8.47. The largest absolute Gasteiger partial charge is 0.469 e. The number of ether oxygens (including phenoxy) is 1. The van der Waals surface area contributed by atoms with Crippen molar-refractivity contribution < 1.29 is 4.74 Å². The maximum atomic E-state index is 5.60. The smallest absolute Gasteiger partial charge is 0.235 e. The van der Waals surface area contributed by atoms with Crippen LogP contribution in [0.15, 0.2) is 36.4 Å². The lowest BCUT2D eigenvalue weighted by molar-refractivity contribution is 0.217. The predicted molar refractivity (Wildman–Crippen MR) is 58.5 cm³/mol. The third-order valence-corrected chi connectivity index (χ3v) is 2.14. The van der Waals surface area contributed by atoms with Gasteiger partial charge in [-0.15, -0.1) is 5.10 Å². The molecule has 78 valence electrons. The first-order valence-corrected chi connectivity index (χ1v) is 4.78. The number of aromatic amines is 1. The lowest BCUT2D eigenvalue weighted by atomic mass is 10.1. The highest BCUT2D eigenvalue weighted by molar-refractivity contribution is 5.32. The number of hydrogen-bond acceptors (Lipinski definition) is 3. The Bertz CT molecular complexity index is 424. The molecule has 0 amide bonds. The van der Waals surface area contributed by atoms with Gasteiger partial charge in [-0.05, 0) is 12.5 Å². The first-order chi connectivity index (χ1) is 7.25. The van der Waals surface area contributed by atoms with Crippen molar-refractivity contribution in [3.8, 4) is 5.88 Å². The Labute approximate surface area is 88.1 Å². The van der Waals surface area contributed by atoms with Crippen molar-refractivity contribution in [2.75, 3.05) is 5.73 Å². The number of benzene rings is 1. The molecule has 0 saturated heterocycles. The Kier molecular flexibility index (Phi) is 2.58. The molecule has 15 heavy (non-hydrogen) atoms. The van der Waals surface area contributed by atoms with Gasteiger partial charge in [-0.2, -0.15) is 0 Å². The number of aromatic nitrogens is 2. The number of nitrogens with one attached hydrogen (secondary N) is 1. The highest BCUT2D eigenvalue weighted by Gasteiger charge is 2.08. The molecule has 0 aliphatic heterocycles. The van der Waals surface area contributed by atoms with Gasteiger partial charge >= 0.3 is 0 Å². The number of nitrogen functional groups attached to an aromatic ring is 1. The third kappa shape index (κ3) is 2.28. The SMILES string of the molecule is CC(Oc1cc(N)[nH]n1)c1ccccc1. The molecule has 4 heteroatoms. The van der Waals surface area contributed by atoms with Crippen LogP contribution in [0.25, 0.3) is 0 Å². The summed E-state index contributed by atoms with van der Waals surface area (Å²) < 4.78 is 5.60. The fourth-order valence-corrected chi connectivity index (χ4v) is 1.35. The van der Waals surface area contributed by atoms with Gasteiger partial charge in [0.1, 0.15) is 11.9 Å². The van der Waals surface area contributed by atoms with Crippen molar-refractivity contribution in [1.82, 2.24) is 10.2 Å². The van der Waals surface area contributed by atoms with Crippen LogP contribution in [-0.4, -0.2) is 10.2 Å². The normalized spacial score (nSPS) is 12.3. The van der Waals surface area contributed by atoms with Gasteiger partial charge in [-0.1, -0.05) is 30.3 Å². The molecule has 1 atom stereocenters. The van der Waals surface area contributed by atoms with Crippen LogP contribution in [0.1, 0.15) is 18.6 Å². The Balaban J connectivity index is 2.07. The van der Waals surface area contributed by atoms with Crippen LogP contribution in [0, 0.1) is 0 Å². The molecule has 4 nitrogen and oxygen atoms in total. The molecule has 0 bridgehead atoms. The van der Waals surface area contributed by atoms with Gasteiger partial charge in [0.25, 0.3) is 0 Å². The van der Waals surface area contributed by atoms with Gasteiger partial charge in [-0.3, -0.25) is 5.10 Å². The number of hydrogen-bond donors (Lipinski definition) is 2. The van der Waals surface area contributed by atoms with E-state index < -0.39 is 0 Å². The second-order valence-electron chi connectivity index (χ2n) is 3.33. The van der Waals surface area contributed by atoms with Crippen molar-refractivity contribution >= 4 is 5.82 Å². The van der Waals surface area contributed by atoms with Crippen LogP contribution in [0.4, 0.5) is 5.82 Å². The van der Waals surface area contributed by atoms with Crippen LogP contribution < -0.4 is 10.5 Å². The summed E-state index contributed by atoms with van der Waals surface area (Å²) in [5, 5.41) is 6.54. The second-order valence-corrected chi connectivity index (χ2v) is 3.33. The Morgan fingerprint density at radius 1 is 1.33 bits per heavy atom. The van der Waals surface area contributed by atoms with E-state index in [2.05, 4.69) is 10.2 Å². The molecule has 0 radical (unpaired) electrons. The number of H-pyrrole nitrogens is 1. The van der Waals surface area contributed by atoms with E-state index in [0.29, 0.717) is 11.7 Å². The number of nitrogens with zero attached hydrogens (tertiary/aromatic N) is 1. The quantitative estimate of drug-likeness (QED) is 0.803. The average Bonchev–Trinajstić information content (AvgIpc) is 2.65. The lowest BCUT2D eigenvalue weighted by Gasteiger charge is -2.12. The summed E-state index contributed by atoms with van der Waals surface area (Å²) in [7, 11) is 0. The van der Waals surface area contributed by atoms with Crippen molar-refractivity contribution in [2.24, 2.45) is 0 Å². The van der Waals surface area contributed by atoms with E-state index >= 15 is 0 Å². The summed E-state index contributed by atoms with van der Waals surface area (Å²) in [5.74, 6) is 1.02. The topological polar surface area (TPSA) is 63.9 Å². The molecule has 0 saturated carbocycles. The number of nitrogens with two attached hydrogens (primary N) is 1. The van der Waals surface area contributed by atoms with Gasteiger partial charge in [-0.25, -0.2) is 0 Å². The predicted octanol–water partition coefficient (Wildman–Crippen LogP) is 2.13. The zero-order valence-electron chi connectivity index (χ0n) is 8.47. The van der Waals surface area contributed by atoms with Crippen LogP contribution in [-0.2, 0) is 0 Å². The van der Waals surface area contributed by atoms with E-state index in [1.54, 1.807) is 6.07 Å². The fourth-order valence-electron chi connectivity index (χ4n) is 1.35. The van der Waals surface area contributed by atoms with Gasteiger partial charge < -0.3 is 10.5 Å². The van der Waals surface area contributed by atoms with Crippen LogP contribution in [0.5, 0.6) is 5.88 Å². The molecule has 0 fully saturated rings. The Morgan fingerprint density at radius 2 is 2.07 bits per heavy atom. The molecule has 2 aromatic rings. The highest BCUT2D eigenvalue weighted by atomic mass is 16.5. The van der Waals surface area contributed by atoms with Crippen molar-refractivity contribution in [1.29, 1.82) is 0 Å². The molecular formula is C11H13N3O. The number of anilines is 1. The van der Waals surface area contributed by atoms with Crippen LogP contribution in [0.2, 0.25) is 0 Å². The first kappa shape index (κ1) is 9.58. The van der Waals surface area contributed by atoms with Crippen molar-refractivity contribution in [2.45, 2.75) is 13.0 Å². The van der Waals surface area contributed by atoms with E-state index in [9.17, 15) is 0 Å². The van der Waals surface area contributed by atoms with Gasteiger partial charge in [0.2, 0.25) is 5.88 Å².